The molecule has 3 aromatic rings. The number of nitrogens with zero attached hydrogens (tertiary/aromatic N) is 2. The number of amides is 1. The van der Waals surface area contributed by atoms with E-state index in [2.05, 4.69) is 20.8 Å². The molecule has 2 aliphatic rings. The largest absolute Gasteiger partial charge is 0.493 e. The molecule has 1 saturated heterocycles. The fraction of sp³-hybridized carbons (Fsp3) is 0.407. The van der Waals surface area contributed by atoms with Crippen molar-refractivity contribution in [2.24, 2.45) is 0 Å². The van der Waals surface area contributed by atoms with Crippen LogP contribution in [0.1, 0.15) is 34.1 Å². The molecule has 2 aliphatic heterocycles. The van der Waals surface area contributed by atoms with Crippen LogP contribution in [0.25, 0.3) is 11.0 Å². The van der Waals surface area contributed by atoms with Gasteiger partial charge in [0, 0.05) is 30.7 Å². The van der Waals surface area contributed by atoms with Gasteiger partial charge >= 0.3 is 0 Å². The summed E-state index contributed by atoms with van der Waals surface area (Å²) >= 11 is 3.44. The normalized spacial score (nSPS) is 17.8. The molecule has 0 saturated carbocycles. The fourth-order valence-corrected chi connectivity index (χ4v) is 5.48. The Morgan fingerprint density at radius 1 is 0.973 bits per heavy atom. The first kappa shape index (κ1) is 25.6. The minimum atomic E-state index is -0.666. The summed E-state index contributed by atoms with van der Waals surface area (Å²) in [5, 5.41) is 0.411. The maximum absolute atomic E-state index is 13.8. The molecule has 37 heavy (non-hydrogen) atoms. The Labute approximate surface area is 223 Å². The molecule has 1 aromatic heterocycles. The maximum atomic E-state index is 13.8. The molecular formula is C27H29BrN2O7. The monoisotopic (exact) mass is 572 g/mol. The van der Waals surface area contributed by atoms with E-state index in [0.717, 1.165) is 30.5 Å². The van der Waals surface area contributed by atoms with Crippen molar-refractivity contribution in [3.8, 4) is 17.2 Å². The topological polar surface area (TPSA) is 90.7 Å². The van der Waals surface area contributed by atoms with Gasteiger partial charge < -0.3 is 28.3 Å². The number of morpholine rings is 1. The Morgan fingerprint density at radius 2 is 1.68 bits per heavy atom. The first-order chi connectivity index (χ1) is 18.0. The van der Waals surface area contributed by atoms with Gasteiger partial charge in [-0.1, -0.05) is 15.9 Å². The number of halogens is 1. The highest BCUT2D eigenvalue weighted by molar-refractivity contribution is 9.10. The average Bonchev–Trinajstić information content (AvgIpc) is 3.20. The Balaban J connectivity index is 1.61. The van der Waals surface area contributed by atoms with E-state index >= 15 is 0 Å². The van der Waals surface area contributed by atoms with Crippen molar-refractivity contribution in [1.29, 1.82) is 0 Å². The minimum Gasteiger partial charge on any atom is -0.493 e. The summed E-state index contributed by atoms with van der Waals surface area (Å²) in [5.41, 5.74) is 1.13. The van der Waals surface area contributed by atoms with E-state index in [4.69, 9.17) is 23.4 Å². The number of hydrogen-bond acceptors (Lipinski definition) is 8. The first-order valence-electron chi connectivity index (χ1n) is 12.1. The lowest BCUT2D eigenvalue weighted by molar-refractivity contribution is 0.0353. The van der Waals surface area contributed by atoms with Gasteiger partial charge in [-0.3, -0.25) is 14.5 Å². The maximum Gasteiger partial charge on any atom is 0.290 e. The second-order valence-electron chi connectivity index (χ2n) is 8.98. The van der Waals surface area contributed by atoms with Crippen LogP contribution in [-0.4, -0.2) is 76.4 Å². The highest BCUT2D eigenvalue weighted by atomic mass is 79.9. The lowest BCUT2D eigenvalue weighted by Crippen LogP contribution is -2.38. The number of carbonyl (C=O) groups excluding carboxylic acids is 1. The third kappa shape index (κ3) is 4.69. The van der Waals surface area contributed by atoms with Crippen molar-refractivity contribution in [3.63, 3.8) is 0 Å². The van der Waals surface area contributed by atoms with Crippen LogP contribution in [0.4, 0.5) is 0 Å². The fourth-order valence-electron chi connectivity index (χ4n) is 5.12. The van der Waals surface area contributed by atoms with Crippen molar-refractivity contribution in [2.45, 2.75) is 12.5 Å². The molecule has 0 bridgehead atoms. The zero-order chi connectivity index (χ0) is 26.1. The molecular weight excluding hydrogens is 544 g/mol. The number of carbonyl (C=O) groups is 1. The molecule has 10 heteroatoms. The van der Waals surface area contributed by atoms with Crippen LogP contribution in [0.15, 0.2) is 44.0 Å². The van der Waals surface area contributed by atoms with Crippen LogP contribution in [0.2, 0.25) is 0 Å². The van der Waals surface area contributed by atoms with Crippen LogP contribution in [0, 0.1) is 0 Å². The summed E-state index contributed by atoms with van der Waals surface area (Å²) in [6.07, 6.45) is 0.736. The number of hydrogen-bond donors (Lipinski definition) is 0. The molecule has 9 nitrogen and oxygen atoms in total. The number of fused-ring (bicyclic) bond motifs is 2. The van der Waals surface area contributed by atoms with Gasteiger partial charge in [0.25, 0.3) is 5.91 Å². The molecule has 1 unspecified atom stereocenters. The van der Waals surface area contributed by atoms with E-state index in [0.29, 0.717) is 59.1 Å². The van der Waals surface area contributed by atoms with Gasteiger partial charge in [-0.2, -0.15) is 0 Å². The Kier molecular flexibility index (Phi) is 7.41. The summed E-state index contributed by atoms with van der Waals surface area (Å²) in [5.74, 6) is 1.09. The van der Waals surface area contributed by atoms with Gasteiger partial charge in [-0.05, 0) is 42.3 Å². The summed E-state index contributed by atoms with van der Waals surface area (Å²) in [7, 11) is 4.60. The minimum absolute atomic E-state index is 0.0740. The Bertz CT molecular complexity index is 1360. The second kappa shape index (κ2) is 10.7. The molecule has 3 heterocycles. The van der Waals surface area contributed by atoms with E-state index in [9.17, 15) is 9.59 Å². The average molecular weight is 573 g/mol. The van der Waals surface area contributed by atoms with Gasteiger partial charge in [0.15, 0.2) is 16.9 Å². The Hall–Kier alpha value is -3.08. The molecule has 196 valence electrons. The van der Waals surface area contributed by atoms with Gasteiger partial charge in [-0.15, -0.1) is 0 Å². The van der Waals surface area contributed by atoms with E-state index in [1.807, 2.05) is 0 Å². The van der Waals surface area contributed by atoms with Crippen LogP contribution in [0.5, 0.6) is 17.2 Å². The van der Waals surface area contributed by atoms with Crippen molar-refractivity contribution in [3.05, 3.63) is 61.9 Å². The quantitative estimate of drug-likeness (QED) is 0.402. The second-order valence-corrected chi connectivity index (χ2v) is 9.90. The molecule has 1 fully saturated rings. The van der Waals surface area contributed by atoms with E-state index in [1.54, 1.807) is 35.2 Å². The van der Waals surface area contributed by atoms with Crippen LogP contribution in [-0.2, 0) is 4.74 Å². The number of ether oxygens (including phenoxy) is 4. The van der Waals surface area contributed by atoms with E-state index in [1.165, 1.54) is 21.3 Å². The summed E-state index contributed by atoms with van der Waals surface area (Å²) in [6, 6.07) is 8.11. The predicted octanol–water partition coefficient (Wildman–Crippen LogP) is 3.85. The smallest absolute Gasteiger partial charge is 0.290 e. The summed E-state index contributed by atoms with van der Waals surface area (Å²) < 4.78 is 28.9. The third-order valence-corrected chi connectivity index (χ3v) is 7.40. The van der Waals surface area contributed by atoms with Crippen LogP contribution >= 0.6 is 15.9 Å². The lowest BCUT2D eigenvalue weighted by atomic mass is 9.97. The molecule has 0 radical (unpaired) electrons. The highest BCUT2D eigenvalue weighted by Gasteiger charge is 2.43. The SMILES string of the molecule is COc1cc(C2c3c(oc4ccc(Br)cc4c3=O)C(=O)N2CCCN2CCOCC2)cc(OC)c1OC. The van der Waals surface area contributed by atoms with E-state index < -0.39 is 6.04 Å². The highest BCUT2D eigenvalue weighted by Crippen LogP contribution is 2.45. The molecule has 0 spiro atoms. The predicted molar refractivity (Wildman–Crippen MR) is 141 cm³/mol. The molecule has 2 aromatic carbocycles. The van der Waals surface area contributed by atoms with E-state index in [-0.39, 0.29) is 17.1 Å². The zero-order valence-electron chi connectivity index (χ0n) is 21.0. The standard InChI is InChI=1S/C27H29BrN2O7/c1-33-20-13-16(14-21(34-2)25(20)35-3)23-22-24(31)18-15-17(28)5-6-19(18)37-26(22)27(32)30(23)8-4-7-29-9-11-36-12-10-29/h5-6,13-15,23H,4,7-12H2,1-3H3. The molecule has 1 amide bonds. The van der Waals surface area contributed by atoms with Crippen molar-refractivity contribution in [1.82, 2.24) is 9.80 Å². The number of benzene rings is 2. The molecule has 1 atom stereocenters. The third-order valence-electron chi connectivity index (χ3n) is 6.91. The lowest BCUT2D eigenvalue weighted by Gasteiger charge is -2.29. The number of methoxy groups -OCH3 is 3. The molecule has 0 N–H and O–H groups in total. The summed E-state index contributed by atoms with van der Waals surface area (Å²) in [4.78, 5) is 31.6. The summed E-state index contributed by atoms with van der Waals surface area (Å²) in [6.45, 7) is 4.42. The van der Waals surface area contributed by atoms with Gasteiger partial charge in [0.2, 0.25) is 11.5 Å². The van der Waals surface area contributed by atoms with Crippen molar-refractivity contribution >= 4 is 32.8 Å². The zero-order valence-corrected chi connectivity index (χ0v) is 22.6. The molecule has 5 rings (SSSR count). The van der Waals surface area contributed by atoms with Crippen molar-refractivity contribution < 1.29 is 28.2 Å². The van der Waals surface area contributed by atoms with Crippen LogP contribution < -0.4 is 19.6 Å². The first-order valence-corrected chi connectivity index (χ1v) is 12.9. The van der Waals surface area contributed by atoms with Crippen molar-refractivity contribution in [2.75, 3.05) is 60.7 Å². The van der Waals surface area contributed by atoms with Crippen LogP contribution in [0.3, 0.4) is 0 Å². The molecule has 0 aliphatic carbocycles. The van der Waals surface area contributed by atoms with Gasteiger partial charge in [0.1, 0.15) is 5.58 Å². The Morgan fingerprint density at radius 3 is 2.32 bits per heavy atom. The number of rotatable bonds is 8. The van der Waals surface area contributed by atoms with Gasteiger partial charge in [-0.25, -0.2) is 0 Å². The van der Waals surface area contributed by atoms with Gasteiger partial charge in [0.05, 0.1) is 51.5 Å².